The average Bonchev–Trinajstić information content (AvgIpc) is 2.87. The lowest BCUT2D eigenvalue weighted by Crippen LogP contribution is -2.35. The fraction of sp³-hybridized carbons (Fsp3) is 0.231. The number of nitrogens with zero attached hydrogens (tertiary/aromatic N) is 2. The highest BCUT2D eigenvalue weighted by Gasteiger charge is 2.16. The van der Waals surface area contributed by atoms with E-state index in [1.54, 1.807) is 24.6 Å². The van der Waals surface area contributed by atoms with Crippen molar-refractivity contribution in [1.29, 1.82) is 0 Å². The Hall–Kier alpha value is -1.88. The minimum Gasteiger partial charge on any atom is -0.493 e. The molecule has 92 valence electrons. The monoisotopic (exact) mass is 260 g/mol. The number of hydrogen-bond donors (Lipinski definition) is 0. The molecular weight excluding hydrogens is 248 g/mol. The van der Waals surface area contributed by atoms with Crippen LogP contribution in [0.5, 0.6) is 11.5 Å². The van der Waals surface area contributed by atoms with Crippen LogP contribution in [0.1, 0.15) is 11.9 Å². The topological polar surface area (TPSA) is 43.7 Å². The number of methoxy groups -OCH3 is 1. The second kappa shape index (κ2) is 4.42. The third-order valence-corrected chi connectivity index (χ3v) is 3.48. The van der Waals surface area contributed by atoms with E-state index in [0.29, 0.717) is 6.61 Å². The summed E-state index contributed by atoms with van der Waals surface area (Å²) >= 11 is 1.59. The van der Waals surface area contributed by atoms with Gasteiger partial charge in [0.15, 0.2) is 11.5 Å². The van der Waals surface area contributed by atoms with Gasteiger partial charge in [-0.15, -0.1) is 11.3 Å². The van der Waals surface area contributed by atoms with Gasteiger partial charge >= 0.3 is 0 Å². The number of ether oxygens (including phenoxy) is 2. The summed E-state index contributed by atoms with van der Waals surface area (Å²) in [5.41, 5.74) is 0.934. The van der Waals surface area contributed by atoms with Crippen molar-refractivity contribution in [3.63, 3.8) is 0 Å². The van der Waals surface area contributed by atoms with Gasteiger partial charge in [0.05, 0.1) is 19.1 Å². The van der Waals surface area contributed by atoms with Gasteiger partial charge in [0.25, 0.3) is 0 Å². The molecule has 1 aromatic carbocycles. The molecule has 1 aliphatic heterocycles. The Kier molecular flexibility index (Phi) is 2.76. The SMILES string of the molecule is CCOc1cc2c(cc1OC)=NC=2c1nccs1. The molecule has 4 nitrogen and oxygen atoms in total. The maximum atomic E-state index is 5.57. The van der Waals surface area contributed by atoms with E-state index in [2.05, 4.69) is 9.98 Å². The number of thiazole rings is 1. The van der Waals surface area contributed by atoms with Crippen molar-refractivity contribution in [2.45, 2.75) is 6.92 Å². The highest BCUT2D eigenvalue weighted by Crippen LogP contribution is 2.25. The molecule has 5 heteroatoms. The van der Waals surface area contributed by atoms with Crippen LogP contribution in [0.25, 0.3) is 5.70 Å². The van der Waals surface area contributed by atoms with Crippen LogP contribution in [0.15, 0.2) is 28.7 Å². The summed E-state index contributed by atoms with van der Waals surface area (Å²) in [7, 11) is 1.63. The van der Waals surface area contributed by atoms with Crippen molar-refractivity contribution in [2.24, 2.45) is 4.99 Å². The molecule has 0 unspecified atom stereocenters. The summed E-state index contributed by atoms with van der Waals surface area (Å²) in [6.45, 7) is 2.56. The predicted octanol–water partition coefficient (Wildman–Crippen LogP) is 1.34. The normalized spacial score (nSPS) is 12.4. The molecule has 1 aliphatic rings. The molecular formula is C13H12N2O2S. The average molecular weight is 260 g/mol. The van der Waals surface area contributed by atoms with Gasteiger partial charge in [-0.3, -0.25) is 0 Å². The zero-order valence-electron chi connectivity index (χ0n) is 10.1. The molecule has 0 saturated carbocycles. The molecule has 0 aliphatic carbocycles. The lowest BCUT2D eigenvalue weighted by atomic mass is 10.1. The fourth-order valence-corrected chi connectivity index (χ4v) is 2.53. The van der Waals surface area contributed by atoms with Crippen molar-refractivity contribution in [3.8, 4) is 11.5 Å². The largest absolute Gasteiger partial charge is 0.493 e. The van der Waals surface area contributed by atoms with Gasteiger partial charge in [-0.2, -0.15) is 0 Å². The van der Waals surface area contributed by atoms with Crippen LogP contribution in [0, 0.1) is 0 Å². The van der Waals surface area contributed by atoms with Gasteiger partial charge in [0.2, 0.25) is 0 Å². The first kappa shape index (κ1) is 11.2. The van der Waals surface area contributed by atoms with E-state index in [1.807, 2.05) is 24.4 Å². The summed E-state index contributed by atoms with van der Waals surface area (Å²) in [5.74, 6) is 1.47. The lowest BCUT2D eigenvalue weighted by Gasteiger charge is -2.13. The molecule has 18 heavy (non-hydrogen) atoms. The van der Waals surface area contributed by atoms with E-state index in [4.69, 9.17) is 9.47 Å². The van der Waals surface area contributed by atoms with Crippen LogP contribution in [0.3, 0.4) is 0 Å². The molecule has 2 heterocycles. The van der Waals surface area contributed by atoms with Gasteiger partial charge < -0.3 is 9.47 Å². The Morgan fingerprint density at radius 1 is 1.28 bits per heavy atom. The second-order valence-electron chi connectivity index (χ2n) is 3.75. The lowest BCUT2D eigenvalue weighted by molar-refractivity contribution is 0.310. The van der Waals surface area contributed by atoms with Crippen molar-refractivity contribution in [3.05, 3.63) is 39.3 Å². The Labute approximate surface area is 108 Å². The Balaban J connectivity index is 2.15. The maximum absolute atomic E-state index is 5.57. The van der Waals surface area contributed by atoms with Crippen LogP contribution in [0.2, 0.25) is 0 Å². The summed E-state index contributed by atoms with van der Waals surface area (Å²) in [6.07, 6.45) is 1.79. The first-order chi connectivity index (χ1) is 8.83. The molecule has 0 fully saturated rings. The Morgan fingerprint density at radius 2 is 2.17 bits per heavy atom. The third-order valence-electron chi connectivity index (χ3n) is 2.70. The fourth-order valence-electron chi connectivity index (χ4n) is 1.89. The maximum Gasteiger partial charge on any atom is 0.162 e. The number of hydrogen-bond acceptors (Lipinski definition) is 5. The predicted molar refractivity (Wildman–Crippen MR) is 69.6 cm³/mol. The van der Waals surface area contributed by atoms with Gasteiger partial charge in [0, 0.05) is 22.9 Å². The van der Waals surface area contributed by atoms with Gasteiger partial charge in [-0.1, -0.05) is 0 Å². The standard InChI is InChI=1S/C13H12N2O2S/c1-3-17-11-6-8-9(7-10(11)16-2)15-12(8)13-14-4-5-18-13/h4-7H,3H2,1-2H3. The van der Waals surface area contributed by atoms with E-state index in [9.17, 15) is 0 Å². The van der Waals surface area contributed by atoms with Crippen molar-refractivity contribution >= 4 is 17.0 Å². The quantitative estimate of drug-likeness (QED) is 0.833. The van der Waals surface area contributed by atoms with E-state index in [-0.39, 0.29) is 0 Å². The van der Waals surface area contributed by atoms with Crippen molar-refractivity contribution in [1.82, 2.24) is 4.98 Å². The van der Waals surface area contributed by atoms with Crippen LogP contribution in [0.4, 0.5) is 0 Å². The van der Waals surface area contributed by atoms with Gasteiger partial charge in [-0.05, 0) is 13.0 Å². The molecule has 2 aromatic rings. The van der Waals surface area contributed by atoms with Gasteiger partial charge in [-0.25, -0.2) is 9.98 Å². The molecule has 0 spiro atoms. The van der Waals surface area contributed by atoms with Crippen molar-refractivity contribution < 1.29 is 9.47 Å². The first-order valence-corrected chi connectivity index (χ1v) is 6.55. The molecule has 1 aromatic heterocycles. The zero-order valence-corrected chi connectivity index (χ0v) is 11.0. The second-order valence-corrected chi connectivity index (χ2v) is 4.65. The van der Waals surface area contributed by atoms with E-state index >= 15 is 0 Å². The molecule has 0 atom stereocenters. The number of rotatable bonds is 4. The van der Waals surface area contributed by atoms with Crippen LogP contribution in [-0.2, 0) is 0 Å². The minimum atomic E-state index is 0.610. The third kappa shape index (κ3) is 1.67. The van der Waals surface area contributed by atoms with Crippen molar-refractivity contribution in [2.75, 3.05) is 13.7 Å². The molecule has 0 bridgehead atoms. The van der Waals surface area contributed by atoms with Crippen LogP contribution < -0.4 is 20.0 Å². The van der Waals surface area contributed by atoms with Gasteiger partial charge in [0.1, 0.15) is 10.7 Å². The first-order valence-electron chi connectivity index (χ1n) is 5.67. The summed E-state index contributed by atoms with van der Waals surface area (Å²) in [5, 5.41) is 4.90. The molecule has 0 amide bonds. The Bertz CT molecular complexity index is 693. The smallest absolute Gasteiger partial charge is 0.162 e. The van der Waals surface area contributed by atoms with Crippen LogP contribution >= 0.6 is 11.3 Å². The highest BCUT2D eigenvalue weighted by atomic mass is 32.1. The molecule has 3 rings (SSSR count). The van der Waals surface area contributed by atoms with E-state index < -0.39 is 0 Å². The van der Waals surface area contributed by atoms with E-state index in [1.165, 1.54) is 0 Å². The Morgan fingerprint density at radius 3 is 2.83 bits per heavy atom. The zero-order chi connectivity index (χ0) is 12.5. The molecule has 0 radical (unpaired) electrons. The molecule has 0 N–H and O–H groups in total. The van der Waals surface area contributed by atoms with Crippen LogP contribution in [-0.4, -0.2) is 18.7 Å². The number of aromatic nitrogens is 1. The summed E-state index contributed by atoms with van der Waals surface area (Å²) in [6, 6.07) is 3.87. The highest BCUT2D eigenvalue weighted by molar-refractivity contribution is 7.10. The summed E-state index contributed by atoms with van der Waals surface area (Å²) < 4.78 is 10.9. The summed E-state index contributed by atoms with van der Waals surface area (Å²) in [4.78, 5) is 8.74. The number of benzene rings is 1. The minimum absolute atomic E-state index is 0.610. The number of fused-ring (bicyclic) bond motifs is 1. The van der Waals surface area contributed by atoms with E-state index in [0.717, 1.165) is 32.8 Å². The molecule has 0 saturated heterocycles.